The zero-order valence-electron chi connectivity index (χ0n) is 15.7. The fourth-order valence-corrected chi connectivity index (χ4v) is 2.70. The highest BCUT2D eigenvalue weighted by Crippen LogP contribution is 2.38. The molecular weight excluding hydrogens is 393 g/mol. The van der Waals surface area contributed by atoms with Gasteiger partial charge in [0.05, 0.1) is 33.4 Å². The third-order valence-corrected chi connectivity index (χ3v) is 4.13. The quantitative estimate of drug-likeness (QED) is 0.673. The Morgan fingerprint density at radius 2 is 1.72 bits per heavy atom. The number of hydrogen-bond donors (Lipinski definition) is 1. The smallest absolute Gasteiger partial charge is 0.417 e. The van der Waals surface area contributed by atoms with Crippen LogP contribution in [0.4, 0.5) is 13.2 Å². The van der Waals surface area contributed by atoms with Crippen molar-refractivity contribution in [2.24, 2.45) is 0 Å². The summed E-state index contributed by atoms with van der Waals surface area (Å²) in [4.78, 5) is 12.5. The molecule has 0 radical (unpaired) electrons. The maximum Gasteiger partial charge on any atom is 0.417 e. The maximum atomic E-state index is 12.9. The first-order valence-electron chi connectivity index (χ1n) is 8.27. The van der Waals surface area contributed by atoms with Crippen LogP contribution in [0.15, 0.2) is 30.5 Å². The van der Waals surface area contributed by atoms with E-state index in [1.54, 1.807) is 0 Å². The monoisotopic (exact) mass is 410 g/mol. The Kier molecular flexibility index (Phi) is 5.48. The highest BCUT2D eigenvalue weighted by molar-refractivity contribution is 5.95. The summed E-state index contributed by atoms with van der Waals surface area (Å²) in [6, 6.07) is 5.05. The molecule has 0 saturated heterocycles. The minimum atomic E-state index is -4.50. The number of hydrogen-bond acceptors (Lipinski definition) is 6. The van der Waals surface area contributed by atoms with Crippen LogP contribution in [0.2, 0.25) is 0 Å². The zero-order valence-corrected chi connectivity index (χ0v) is 15.7. The molecule has 1 aromatic carbocycles. The van der Waals surface area contributed by atoms with Gasteiger partial charge < -0.3 is 19.5 Å². The number of fused-ring (bicyclic) bond motifs is 1. The second kappa shape index (κ2) is 7.86. The Balaban J connectivity index is 1.84. The lowest BCUT2D eigenvalue weighted by Crippen LogP contribution is -2.24. The highest BCUT2D eigenvalue weighted by atomic mass is 19.4. The highest BCUT2D eigenvalue weighted by Gasteiger charge is 2.31. The summed E-state index contributed by atoms with van der Waals surface area (Å²) in [5, 5.41) is 10.2. The molecule has 8 nitrogen and oxygen atoms in total. The van der Waals surface area contributed by atoms with Gasteiger partial charge >= 0.3 is 6.18 Å². The average Bonchev–Trinajstić information content (AvgIpc) is 3.12. The van der Waals surface area contributed by atoms with E-state index in [-0.39, 0.29) is 23.6 Å². The minimum absolute atomic E-state index is 0.141. The van der Waals surface area contributed by atoms with Crippen molar-refractivity contribution in [2.45, 2.75) is 12.7 Å². The molecule has 3 aromatic rings. The van der Waals surface area contributed by atoms with Gasteiger partial charge in [0.15, 0.2) is 23.0 Å². The predicted molar refractivity (Wildman–Crippen MR) is 95.3 cm³/mol. The summed E-state index contributed by atoms with van der Waals surface area (Å²) in [6.07, 6.45) is -3.62. The molecular formula is C18H17F3N4O4. The molecule has 1 amide bonds. The number of alkyl halides is 3. The number of aromatic nitrogens is 3. The third kappa shape index (κ3) is 4.03. The summed E-state index contributed by atoms with van der Waals surface area (Å²) < 4.78 is 55.6. The van der Waals surface area contributed by atoms with Crippen LogP contribution in [-0.4, -0.2) is 41.8 Å². The molecule has 154 valence electrons. The molecule has 2 aromatic heterocycles. The first kappa shape index (κ1) is 20.2. The zero-order chi connectivity index (χ0) is 21.2. The van der Waals surface area contributed by atoms with Crippen LogP contribution < -0.4 is 19.5 Å². The van der Waals surface area contributed by atoms with Gasteiger partial charge in [0, 0.05) is 11.8 Å². The first-order valence-corrected chi connectivity index (χ1v) is 8.27. The summed E-state index contributed by atoms with van der Waals surface area (Å²) in [6.45, 7) is -0.141. The number of halogens is 3. The van der Waals surface area contributed by atoms with Gasteiger partial charge in [-0.25, -0.2) is 0 Å². The first-order chi connectivity index (χ1) is 13.8. The van der Waals surface area contributed by atoms with Crippen molar-refractivity contribution in [1.82, 2.24) is 19.9 Å². The van der Waals surface area contributed by atoms with Gasteiger partial charge in [-0.15, -0.1) is 10.2 Å². The molecule has 3 rings (SSSR count). The van der Waals surface area contributed by atoms with Gasteiger partial charge in [0.2, 0.25) is 5.75 Å². The molecule has 0 bridgehead atoms. The van der Waals surface area contributed by atoms with E-state index in [1.807, 2.05) is 0 Å². The standard InChI is InChI=1S/C18H17F3N4O4/c1-27-12-6-10(7-13(28-2)16(12)29-3)17(26)22-8-15-24-23-14-5-4-11(9-25(14)15)18(19,20)21/h4-7,9H,8H2,1-3H3,(H,22,26). The van der Waals surface area contributed by atoms with E-state index in [2.05, 4.69) is 15.5 Å². The fraction of sp³-hybridized carbons (Fsp3) is 0.278. The number of methoxy groups -OCH3 is 3. The van der Waals surface area contributed by atoms with Crippen molar-refractivity contribution < 1.29 is 32.2 Å². The van der Waals surface area contributed by atoms with E-state index in [0.29, 0.717) is 17.2 Å². The Labute approximate surface area is 163 Å². The number of amides is 1. The van der Waals surface area contributed by atoms with E-state index >= 15 is 0 Å². The van der Waals surface area contributed by atoms with Gasteiger partial charge in [-0.3, -0.25) is 9.20 Å². The maximum absolute atomic E-state index is 12.9. The second-order valence-electron chi connectivity index (χ2n) is 5.86. The SMILES string of the molecule is COc1cc(C(=O)NCc2nnc3ccc(C(F)(F)F)cn23)cc(OC)c1OC. The number of rotatable bonds is 6. The lowest BCUT2D eigenvalue weighted by atomic mass is 10.1. The predicted octanol–water partition coefficient (Wildman–Crippen LogP) is 2.70. The van der Waals surface area contributed by atoms with Gasteiger partial charge in [0.1, 0.15) is 0 Å². The Bertz CT molecular complexity index is 1020. The molecule has 0 unspecified atom stereocenters. The van der Waals surface area contributed by atoms with Crippen molar-refractivity contribution in [3.05, 3.63) is 47.4 Å². The molecule has 0 atom stereocenters. The number of ether oxygens (including phenoxy) is 3. The van der Waals surface area contributed by atoms with E-state index in [1.165, 1.54) is 43.9 Å². The summed E-state index contributed by atoms with van der Waals surface area (Å²) in [5.41, 5.74) is -0.402. The topological polar surface area (TPSA) is 87.0 Å². The lowest BCUT2D eigenvalue weighted by Gasteiger charge is -2.14. The van der Waals surface area contributed by atoms with E-state index < -0.39 is 17.6 Å². The van der Waals surface area contributed by atoms with Gasteiger partial charge in [-0.05, 0) is 24.3 Å². The van der Waals surface area contributed by atoms with Crippen molar-refractivity contribution in [3.63, 3.8) is 0 Å². The molecule has 0 aliphatic rings. The number of carbonyl (C=O) groups excluding carboxylic acids is 1. The number of nitrogens with zero attached hydrogens (tertiary/aromatic N) is 3. The Morgan fingerprint density at radius 1 is 1.07 bits per heavy atom. The summed E-state index contributed by atoms with van der Waals surface area (Å²) >= 11 is 0. The van der Waals surface area contributed by atoms with Crippen LogP contribution in [0.3, 0.4) is 0 Å². The van der Waals surface area contributed by atoms with Crippen molar-refractivity contribution in [3.8, 4) is 17.2 Å². The van der Waals surface area contributed by atoms with Crippen LogP contribution in [-0.2, 0) is 12.7 Å². The van der Waals surface area contributed by atoms with E-state index in [0.717, 1.165) is 12.3 Å². The van der Waals surface area contributed by atoms with Crippen LogP contribution in [0.25, 0.3) is 5.65 Å². The molecule has 11 heteroatoms. The fourth-order valence-electron chi connectivity index (χ4n) is 2.70. The number of pyridine rings is 1. The van der Waals surface area contributed by atoms with Crippen molar-refractivity contribution in [2.75, 3.05) is 21.3 Å². The molecule has 29 heavy (non-hydrogen) atoms. The molecule has 0 spiro atoms. The van der Waals surface area contributed by atoms with Crippen LogP contribution in [0, 0.1) is 0 Å². The molecule has 0 saturated carbocycles. The van der Waals surface area contributed by atoms with E-state index in [4.69, 9.17) is 14.2 Å². The molecule has 1 N–H and O–H groups in total. The number of nitrogens with one attached hydrogen (secondary N) is 1. The number of benzene rings is 1. The molecule has 0 aliphatic carbocycles. The largest absolute Gasteiger partial charge is 0.493 e. The Hall–Kier alpha value is -3.50. The van der Waals surface area contributed by atoms with Crippen LogP contribution in [0.5, 0.6) is 17.2 Å². The summed E-state index contributed by atoms with van der Waals surface area (Å²) in [7, 11) is 4.27. The number of carbonyl (C=O) groups is 1. The second-order valence-corrected chi connectivity index (χ2v) is 5.86. The minimum Gasteiger partial charge on any atom is -0.493 e. The van der Waals surface area contributed by atoms with Crippen molar-refractivity contribution in [1.29, 1.82) is 0 Å². The average molecular weight is 410 g/mol. The normalized spacial score (nSPS) is 11.4. The van der Waals surface area contributed by atoms with E-state index in [9.17, 15) is 18.0 Å². The third-order valence-electron chi connectivity index (χ3n) is 4.13. The molecule has 0 aliphatic heterocycles. The van der Waals surface area contributed by atoms with Gasteiger partial charge in [0.25, 0.3) is 5.91 Å². The lowest BCUT2D eigenvalue weighted by molar-refractivity contribution is -0.137. The van der Waals surface area contributed by atoms with Gasteiger partial charge in [-0.1, -0.05) is 0 Å². The van der Waals surface area contributed by atoms with Crippen LogP contribution >= 0.6 is 0 Å². The Morgan fingerprint density at radius 3 is 2.28 bits per heavy atom. The van der Waals surface area contributed by atoms with Crippen molar-refractivity contribution >= 4 is 11.6 Å². The summed E-state index contributed by atoms with van der Waals surface area (Å²) in [5.74, 6) is 0.550. The molecule has 0 fully saturated rings. The van der Waals surface area contributed by atoms with Crippen LogP contribution in [0.1, 0.15) is 21.7 Å². The van der Waals surface area contributed by atoms with Gasteiger partial charge in [-0.2, -0.15) is 13.2 Å². The molecule has 2 heterocycles.